The summed E-state index contributed by atoms with van der Waals surface area (Å²) in [5, 5.41) is 5.93. The van der Waals surface area contributed by atoms with Gasteiger partial charge in [0.1, 0.15) is 0 Å². The lowest BCUT2D eigenvalue weighted by Crippen LogP contribution is -2.22. The number of anilines is 3. The van der Waals surface area contributed by atoms with Gasteiger partial charge in [0.15, 0.2) is 0 Å². The zero-order valence-corrected chi connectivity index (χ0v) is 21.9. The average molecular weight is 466 g/mol. The minimum absolute atomic E-state index is 0.155. The SMILES string of the molecule is CCN(CC)c1ccc(C(c2ccc(N(CC)CC)cc2)c2ccc(NC)c3ccccc23)cc1. The minimum Gasteiger partial charge on any atom is -0.388 e. The van der Waals surface area contributed by atoms with E-state index in [0.29, 0.717) is 0 Å². The van der Waals surface area contributed by atoms with Crippen LogP contribution in [0.5, 0.6) is 0 Å². The maximum atomic E-state index is 3.37. The molecule has 3 nitrogen and oxygen atoms in total. The van der Waals surface area contributed by atoms with Gasteiger partial charge < -0.3 is 15.1 Å². The number of nitrogens with one attached hydrogen (secondary N) is 1. The summed E-state index contributed by atoms with van der Waals surface area (Å²) in [5.74, 6) is 0.155. The Morgan fingerprint density at radius 2 is 1.03 bits per heavy atom. The molecule has 0 aliphatic heterocycles. The molecule has 0 radical (unpaired) electrons. The van der Waals surface area contributed by atoms with Crippen LogP contribution in [-0.4, -0.2) is 33.2 Å². The number of fused-ring (bicyclic) bond motifs is 1. The fourth-order valence-electron chi connectivity index (χ4n) is 5.28. The third kappa shape index (κ3) is 5.00. The third-order valence-corrected chi connectivity index (χ3v) is 7.25. The summed E-state index contributed by atoms with van der Waals surface area (Å²) in [4.78, 5) is 4.80. The molecule has 0 aliphatic rings. The molecule has 0 saturated heterocycles. The van der Waals surface area contributed by atoms with Crippen molar-refractivity contribution in [1.82, 2.24) is 0 Å². The molecule has 0 spiro atoms. The summed E-state index contributed by atoms with van der Waals surface area (Å²) < 4.78 is 0. The predicted octanol–water partition coefficient (Wildman–Crippen LogP) is 7.75. The van der Waals surface area contributed by atoms with Gasteiger partial charge in [-0.25, -0.2) is 0 Å². The minimum atomic E-state index is 0.155. The fraction of sp³-hybridized carbons (Fsp3) is 0.312. The molecule has 1 N–H and O–H groups in total. The summed E-state index contributed by atoms with van der Waals surface area (Å²) >= 11 is 0. The maximum Gasteiger partial charge on any atom is 0.0417 e. The van der Waals surface area contributed by atoms with E-state index in [-0.39, 0.29) is 5.92 Å². The molecule has 0 aromatic heterocycles. The van der Waals surface area contributed by atoms with Crippen molar-refractivity contribution >= 4 is 27.8 Å². The van der Waals surface area contributed by atoms with Gasteiger partial charge in [0, 0.05) is 61.6 Å². The molecule has 182 valence electrons. The van der Waals surface area contributed by atoms with Crippen molar-refractivity contribution in [2.45, 2.75) is 33.6 Å². The second-order valence-electron chi connectivity index (χ2n) is 8.96. The van der Waals surface area contributed by atoms with Crippen molar-refractivity contribution in [3.63, 3.8) is 0 Å². The Labute approximate surface area is 211 Å². The van der Waals surface area contributed by atoms with Gasteiger partial charge in [-0.3, -0.25) is 0 Å². The molecular formula is C32H39N3. The van der Waals surface area contributed by atoms with Crippen LogP contribution in [0, 0.1) is 0 Å². The molecule has 0 fully saturated rings. The maximum absolute atomic E-state index is 3.37. The Morgan fingerprint density at radius 1 is 0.571 bits per heavy atom. The van der Waals surface area contributed by atoms with Gasteiger partial charge in [0.25, 0.3) is 0 Å². The number of nitrogens with zero attached hydrogens (tertiary/aromatic N) is 2. The molecule has 4 aromatic rings. The standard InChI is InChI=1S/C32H39N3/c1-6-34(7-2)26-18-14-24(15-19-26)32(25-16-20-27(21-17-25)35(8-3)9-4)30-22-23-31(33-5)29-13-11-10-12-28(29)30/h10-23,32-33H,6-9H2,1-5H3. The zero-order valence-electron chi connectivity index (χ0n) is 21.9. The normalized spacial score (nSPS) is 11.1. The monoisotopic (exact) mass is 465 g/mol. The molecular weight excluding hydrogens is 426 g/mol. The van der Waals surface area contributed by atoms with E-state index in [1.165, 1.54) is 38.8 Å². The molecule has 0 atom stereocenters. The number of benzene rings is 4. The number of hydrogen-bond donors (Lipinski definition) is 1. The summed E-state index contributed by atoms with van der Waals surface area (Å²) in [5.41, 5.74) is 7.70. The molecule has 35 heavy (non-hydrogen) atoms. The van der Waals surface area contributed by atoms with E-state index in [1.54, 1.807) is 0 Å². The van der Waals surface area contributed by atoms with Crippen molar-refractivity contribution in [2.24, 2.45) is 0 Å². The molecule has 0 unspecified atom stereocenters. The van der Waals surface area contributed by atoms with E-state index in [0.717, 1.165) is 31.9 Å². The third-order valence-electron chi connectivity index (χ3n) is 7.25. The van der Waals surface area contributed by atoms with E-state index in [9.17, 15) is 0 Å². The highest BCUT2D eigenvalue weighted by atomic mass is 15.1. The van der Waals surface area contributed by atoms with Gasteiger partial charge in [-0.15, -0.1) is 0 Å². The van der Waals surface area contributed by atoms with Gasteiger partial charge >= 0.3 is 0 Å². The summed E-state index contributed by atoms with van der Waals surface area (Å²) in [7, 11) is 2.00. The molecule has 4 rings (SSSR count). The van der Waals surface area contributed by atoms with Gasteiger partial charge in [0.2, 0.25) is 0 Å². The van der Waals surface area contributed by atoms with Crippen LogP contribution in [-0.2, 0) is 0 Å². The first-order chi connectivity index (χ1) is 17.1. The first kappa shape index (κ1) is 24.7. The van der Waals surface area contributed by atoms with Crippen LogP contribution in [0.2, 0.25) is 0 Å². The van der Waals surface area contributed by atoms with Gasteiger partial charge in [-0.1, -0.05) is 54.6 Å². The van der Waals surface area contributed by atoms with Crippen LogP contribution in [0.1, 0.15) is 50.3 Å². The van der Waals surface area contributed by atoms with Gasteiger partial charge in [0.05, 0.1) is 0 Å². The molecule has 0 aliphatic carbocycles. The van der Waals surface area contributed by atoms with Gasteiger partial charge in [-0.05, 0) is 80.1 Å². The fourth-order valence-corrected chi connectivity index (χ4v) is 5.28. The van der Waals surface area contributed by atoms with Crippen molar-refractivity contribution in [3.8, 4) is 0 Å². The smallest absolute Gasteiger partial charge is 0.0417 e. The lowest BCUT2D eigenvalue weighted by Gasteiger charge is -2.26. The molecule has 4 aromatic carbocycles. The van der Waals surface area contributed by atoms with E-state index >= 15 is 0 Å². The lowest BCUT2D eigenvalue weighted by atomic mass is 9.82. The van der Waals surface area contributed by atoms with Crippen LogP contribution in [0.25, 0.3) is 10.8 Å². The summed E-state index contributed by atoms with van der Waals surface area (Å²) in [6.07, 6.45) is 0. The molecule has 3 heteroatoms. The molecule has 0 saturated carbocycles. The Kier molecular flexibility index (Phi) is 7.97. The largest absolute Gasteiger partial charge is 0.388 e. The summed E-state index contributed by atoms with van der Waals surface area (Å²) in [6, 6.07) is 31.7. The average Bonchev–Trinajstić information content (AvgIpc) is 2.92. The van der Waals surface area contributed by atoms with Crippen LogP contribution in [0.4, 0.5) is 17.1 Å². The predicted molar refractivity (Wildman–Crippen MR) is 154 cm³/mol. The highest BCUT2D eigenvalue weighted by molar-refractivity contribution is 5.97. The van der Waals surface area contributed by atoms with Crippen LogP contribution in [0.3, 0.4) is 0 Å². The molecule has 0 bridgehead atoms. The Bertz CT molecular complexity index is 1160. The number of hydrogen-bond acceptors (Lipinski definition) is 3. The zero-order chi connectivity index (χ0) is 24.8. The van der Waals surface area contributed by atoms with Crippen molar-refractivity contribution in [2.75, 3.05) is 48.3 Å². The van der Waals surface area contributed by atoms with Crippen molar-refractivity contribution < 1.29 is 0 Å². The van der Waals surface area contributed by atoms with Crippen LogP contribution >= 0.6 is 0 Å². The van der Waals surface area contributed by atoms with Crippen molar-refractivity contribution in [3.05, 3.63) is 102 Å². The van der Waals surface area contributed by atoms with E-state index in [1.807, 2.05) is 7.05 Å². The Hall–Kier alpha value is -3.46. The van der Waals surface area contributed by atoms with Crippen LogP contribution < -0.4 is 15.1 Å². The lowest BCUT2D eigenvalue weighted by molar-refractivity contribution is 0.863. The van der Waals surface area contributed by atoms with E-state index in [2.05, 4.69) is 128 Å². The quantitative estimate of drug-likeness (QED) is 0.242. The Morgan fingerprint density at radius 3 is 1.46 bits per heavy atom. The number of rotatable bonds is 10. The second kappa shape index (κ2) is 11.3. The first-order valence-electron chi connectivity index (χ1n) is 13.0. The highest BCUT2D eigenvalue weighted by Gasteiger charge is 2.21. The first-order valence-corrected chi connectivity index (χ1v) is 13.0. The van der Waals surface area contributed by atoms with E-state index in [4.69, 9.17) is 0 Å². The second-order valence-corrected chi connectivity index (χ2v) is 8.96. The molecule has 0 heterocycles. The Balaban J connectivity index is 1.86. The van der Waals surface area contributed by atoms with Crippen molar-refractivity contribution in [1.29, 1.82) is 0 Å². The van der Waals surface area contributed by atoms with Gasteiger partial charge in [-0.2, -0.15) is 0 Å². The summed E-state index contributed by atoms with van der Waals surface area (Å²) in [6.45, 7) is 12.9. The molecule has 0 amide bonds. The van der Waals surface area contributed by atoms with E-state index < -0.39 is 0 Å². The topological polar surface area (TPSA) is 18.5 Å². The van der Waals surface area contributed by atoms with Crippen LogP contribution in [0.15, 0.2) is 84.9 Å². The highest BCUT2D eigenvalue weighted by Crippen LogP contribution is 2.39.